The summed E-state index contributed by atoms with van der Waals surface area (Å²) in [6.45, 7) is 0. The minimum absolute atomic E-state index is 0.0931. The van der Waals surface area contributed by atoms with Crippen LogP contribution in [0, 0.1) is 0 Å². The molecule has 1 fully saturated rings. The summed E-state index contributed by atoms with van der Waals surface area (Å²) >= 11 is 0. The van der Waals surface area contributed by atoms with Gasteiger partial charge in [0, 0.05) is 23.5 Å². The fraction of sp³-hybridized carbons (Fsp3) is 0.643. The molecule has 6 heteroatoms. The van der Waals surface area contributed by atoms with Crippen molar-refractivity contribution in [3.63, 3.8) is 0 Å². The van der Waals surface area contributed by atoms with Crippen molar-refractivity contribution in [1.29, 1.82) is 0 Å². The Hall–Kier alpha value is -1.14. The van der Waals surface area contributed by atoms with Gasteiger partial charge < -0.3 is 10.6 Å². The van der Waals surface area contributed by atoms with Crippen LogP contribution in [0.3, 0.4) is 0 Å². The van der Waals surface area contributed by atoms with Gasteiger partial charge in [-0.2, -0.15) is 13.2 Å². The number of pyridine rings is 1. The monoisotopic (exact) mass is 287 g/mol. The molecule has 1 aliphatic rings. The van der Waals surface area contributed by atoms with Crippen LogP contribution in [0.1, 0.15) is 42.9 Å². The summed E-state index contributed by atoms with van der Waals surface area (Å²) in [5.74, 6) is 0. The van der Waals surface area contributed by atoms with Crippen molar-refractivity contribution in [2.45, 2.75) is 43.4 Å². The van der Waals surface area contributed by atoms with Crippen molar-refractivity contribution in [3.8, 4) is 0 Å². The van der Waals surface area contributed by atoms with Crippen molar-refractivity contribution in [2.24, 2.45) is 5.73 Å². The average Bonchev–Trinajstić information content (AvgIpc) is 2.87. The summed E-state index contributed by atoms with van der Waals surface area (Å²) < 4.78 is 39.4. The number of halogens is 3. The van der Waals surface area contributed by atoms with Crippen LogP contribution in [0.4, 0.5) is 13.2 Å². The number of hydrogen-bond acceptors (Lipinski definition) is 3. The zero-order chi connectivity index (χ0) is 15.0. The van der Waals surface area contributed by atoms with Crippen LogP contribution < -0.4 is 5.73 Å². The highest BCUT2D eigenvalue weighted by Crippen LogP contribution is 2.44. The molecule has 1 aromatic rings. The van der Waals surface area contributed by atoms with Crippen LogP contribution in [0.25, 0.3) is 0 Å². The van der Waals surface area contributed by atoms with Crippen LogP contribution in [0.2, 0.25) is 0 Å². The normalized spacial score (nSPS) is 20.4. The summed E-state index contributed by atoms with van der Waals surface area (Å²) in [5, 5.41) is 0. The molecule has 0 radical (unpaired) electrons. The maximum absolute atomic E-state index is 13.1. The molecule has 1 atom stereocenters. The smallest absolute Gasteiger partial charge is 0.322 e. The standard InChI is InChI=1S/C14H20F3N3/c1-20(2)13(6-3-4-7-13)12(18)10-9-19-8-5-11(10)14(15,16)17/h5,8-9,12H,3-4,6-7,18H2,1-2H3. The molecule has 20 heavy (non-hydrogen) atoms. The van der Waals surface area contributed by atoms with E-state index in [0.29, 0.717) is 0 Å². The molecule has 0 saturated heterocycles. The lowest BCUT2D eigenvalue weighted by Crippen LogP contribution is -2.50. The van der Waals surface area contributed by atoms with Gasteiger partial charge in [-0.3, -0.25) is 4.98 Å². The molecule has 1 saturated carbocycles. The quantitative estimate of drug-likeness (QED) is 0.929. The topological polar surface area (TPSA) is 42.1 Å². The molecule has 1 aliphatic carbocycles. The van der Waals surface area contributed by atoms with E-state index in [4.69, 9.17) is 5.73 Å². The van der Waals surface area contributed by atoms with E-state index in [9.17, 15) is 13.2 Å². The summed E-state index contributed by atoms with van der Waals surface area (Å²) in [4.78, 5) is 5.81. The molecule has 1 unspecified atom stereocenters. The maximum Gasteiger partial charge on any atom is 0.416 e. The van der Waals surface area contributed by atoms with E-state index in [1.807, 2.05) is 19.0 Å². The zero-order valence-corrected chi connectivity index (χ0v) is 11.7. The van der Waals surface area contributed by atoms with Crippen molar-refractivity contribution >= 4 is 0 Å². The largest absolute Gasteiger partial charge is 0.416 e. The Balaban J connectivity index is 2.45. The SMILES string of the molecule is CN(C)C1(C(N)c2cnccc2C(F)(F)F)CCCC1. The highest BCUT2D eigenvalue weighted by atomic mass is 19.4. The summed E-state index contributed by atoms with van der Waals surface area (Å²) in [7, 11) is 3.77. The van der Waals surface area contributed by atoms with Crippen molar-refractivity contribution < 1.29 is 13.2 Å². The fourth-order valence-corrected chi connectivity index (χ4v) is 3.23. The first kappa shape index (κ1) is 15.3. The Morgan fingerprint density at radius 2 is 1.90 bits per heavy atom. The van der Waals surface area contributed by atoms with Crippen molar-refractivity contribution in [2.75, 3.05) is 14.1 Å². The Morgan fingerprint density at radius 3 is 2.40 bits per heavy atom. The molecule has 2 N–H and O–H groups in total. The molecule has 3 nitrogen and oxygen atoms in total. The van der Waals surface area contributed by atoms with Crippen LogP contribution in [0.5, 0.6) is 0 Å². The Morgan fingerprint density at radius 1 is 1.30 bits per heavy atom. The molecule has 1 heterocycles. The van der Waals surface area contributed by atoms with Gasteiger partial charge in [-0.25, -0.2) is 0 Å². The van der Waals surface area contributed by atoms with E-state index in [1.165, 1.54) is 6.20 Å². The predicted molar refractivity (Wildman–Crippen MR) is 71.1 cm³/mol. The Labute approximate surface area is 117 Å². The van der Waals surface area contributed by atoms with E-state index < -0.39 is 23.3 Å². The first-order chi connectivity index (χ1) is 9.29. The third-order valence-corrected chi connectivity index (χ3v) is 4.43. The first-order valence-electron chi connectivity index (χ1n) is 6.73. The van der Waals surface area contributed by atoms with Crippen molar-refractivity contribution in [1.82, 2.24) is 9.88 Å². The molecule has 0 bridgehead atoms. The molecule has 0 amide bonds. The molecule has 0 spiro atoms. The molecular formula is C14H20F3N3. The minimum atomic E-state index is -4.40. The van der Waals surface area contributed by atoms with Gasteiger partial charge in [0.25, 0.3) is 0 Å². The second-order valence-corrected chi connectivity index (χ2v) is 5.64. The van der Waals surface area contributed by atoms with Crippen LogP contribution >= 0.6 is 0 Å². The van der Waals surface area contributed by atoms with Gasteiger partial charge in [-0.05, 0) is 33.0 Å². The lowest BCUT2D eigenvalue weighted by Gasteiger charge is -2.42. The average molecular weight is 287 g/mol. The van der Waals surface area contributed by atoms with Gasteiger partial charge in [0.1, 0.15) is 0 Å². The van der Waals surface area contributed by atoms with Gasteiger partial charge in [-0.1, -0.05) is 12.8 Å². The molecule has 1 aromatic heterocycles. The van der Waals surface area contributed by atoms with E-state index in [0.717, 1.165) is 37.9 Å². The Bertz CT molecular complexity index is 465. The number of nitrogens with zero attached hydrogens (tertiary/aromatic N) is 2. The molecular weight excluding hydrogens is 267 g/mol. The number of aromatic nitrogens is 1. The van der Waals surface area contributed by atoms with E-state index >= 15 is 0 Å². The van der Waals surface area contributed by atoms with Crippen LogP contribution in [-0.4, -0.2) is 29.5 Å². The van der Waals surface area contributed by atoms with E-state index in [2.05, 4.69) is 4.98 Å². The highest BCUT2D eigenvalue weighted by molar-refractivity contribution is 5.32. The third-order valence-electron chi connectivity index (χ3n) is 4.43. The summed E-state index contributed by atoms with van der Waals surface area (Å²) in [5.41, 5.74) is 5.26. The Kier molecular flexibility index (Phi) is 4.07. The van der Waals surface area contributed by atoms with Gasteiger partial charge in [0.15, 0.2) is 0 Å². The second kappa shape index (κ2) is 5.33. The number of nitrogens with two attached hydrogens (primary N) is 1. The fourth-order valence-electron chi connectivity index (χ4n) is 3.23. The number of likely N-dealkylation sites (N-methyl/N-ethyl adjacent to an activating group) is 1. The van der Waals surface area contributed by atoms with Gasteiger partial charge >= 0.3 is 6.18 Å². The van der Waals surface area contributed by atoms with Gasteiger partial charge in [0.05, 0.1) is 11.6 Å². The minimum Gasteiger partial charge on any atom is -0.322 e. The summed E-state index contributed by atoms with van der Waals surface area (Å²) in [6.07, 6.45) is 1.64. The lowest BCUT2D eigenvalue weighted by molar-refractivity contribution is -0.138. The van der Waals surface area contributed by atoms with Crippen LogP contribution in [-0.2, 0) is 6.18 Å². The molecule has 112 valence electrons. The lowest BCUT2D eigenvalue weighted by atomic mass is 9.82. The van der Waals surface area contributed by atoms with E-state index in [-0.39, 0.29) is 5.56 Å². The number of rotatable bonds is 3. The number of hydrogen-bond donors (Lipinski definition) is 1. The van der Waals surface area contributed by atoms with E-state index in [1.54, 1.807) is 0 Å². The number of alkyl halides is 3. The molecule has 0 aliphatic heterocycles. The van der Waals surface area contributed by atoms with Crippen molar-refractivity contribution in [3.05, 3.63) is 29.6 Å². The first-order valence-corrected chi connectivity index (χ1v) is 6.73. The summed E-state index contributed by atoms with van der Waals surface area (Å²) in [6, 6.07) is 0.318. The van der Waals surface area contributed by atoms with Crippen LogP contribution in [0.15, 0.2) is 18.5 Å². The zero-order valence-electron chi connectivity index (χ0n) is 11.7. The van der Waals surface area contributed by atoms with Gasteiger partial charge in [-0.15, -0.1) is 0 Å². The second-order valence-electron chi connectivity index (χ2n) is 5.64. The molecule has 2 rings (SSSR count). The maximum atomic E-state index is 13.1. The molecule has 0 aromatic carbocycles. The predicted octanol–water partition coefficient (Wildman–Crippen LogP) is 2.97. The third kappa shape index (κ3) is 2.54. The van der Waals surface area contributed by atoms with Gasteiger partial charge in [0.2, 0.25) is 0 Å². The highest BCUT2D eigenvalue weighted by Gasteiger charge is 2.45.